The lowest BCUT2D eigenvalue weighted by Gasteiger charge is -2.14. The monoisotopic (exact) mass is 272 g/mol. The zero-order valence-electron chi connectivity index (χ0n) is 11.5. The van der Waals surface area contributed by atoms with E-state index in [-0.39, 0.29) is 0 Å². The fraction of sp³-hybridized carbons (Fsp3) is 0.375. The van der Waals surface area contributed by atoms with Crippen LogP contribution in [0, 0.1) is 0 Å². The van der Waals surface area contributed by atoms with E-state index >= 15 is 0 Å². The number of hydrogen-bond donors (Lipinski definition) is 0. The van der Waals surface area contributed by atoms with E-state index in [1.807, 2.05) is 50.2 Å². The molecule has 0 amide bonds. The van der Waals surface area contributed by atoms with Gasteiger partial charge in [-0.1, -0.05) is 12.1 Å². The number of benzene rings is 2. The fourth-order valence-corrected chi connectivity index (χ4v) is 2.19. The molecule has 2 aliphatic rings. The quantitative estimate of drug-likeness (QED) is 0.802. The summed E-state index contributed by atoms with van der Waals surface area (Å²) in [6.07, 6.45) is 0. The molecule has 4 heteroatoms. The van der Waals surface area contributed by atoms with E-state index in [0.717, 1.165) is 22.3 Å². The van der Waals surface area contributed by atoms with Crippen LogP contribution in [0.4, 0.5) is 0 Å². The van der Waals surface area contributed by atoms with Crippen LogP contribution in [0.5, 0.6) is 11.5 Å². The molecule has 2 saturated heterocycles. The van der Waals surface area contributed by atoms with Crippen LogP contribution in [0.2, 0.25) is 0 Å². The average Bonchev–Trinajstić information content (AvgIpc) is 3.31. The number of rotatable bonds is 4. The first kappa shape index (κ1) is 12.0. The molecule has 2 atom stereocenters. The van der Waals surface area contributed by atoms with Crippen molar-refractivity contribution < 1.29 is 18.9 Å². The van der Waals surface area contributed by atoms with Gasteiger partial charge in [-0.2, -0.15) is 0 Å². The molecule has 4 nitrogen and oxygen atoms in total. The van der Waals surface area contributed by atoms with Gasteiger partial charge in [0.25, 0.3) is 0 Å². The maximum Gasteiger partial charge on any atom is 0.231 e. The van der Waals surface area contributed by atoms with E-state index in [1.54, 1.807) is 0 Å². The molecule has 0 spiro atoms. The van der Waals surface area contributed by atoms with E-state index < -0.39 is 11.6 Å². The smallest absolute Gasteiger partial charge is 0.231 e. The molecule has 0 N–H and O–H groups in total. The van der Waals surface area contributed by atoms with Crippen LogP contribution in [0.3, 0.4) is 0 Å². The van der Waals surface area contributed by atoms with Gasteiger partial charge in [0.05, 0.1) is 0 Å². The second-order valence-corrected chi connectivity index (χ2v) is 5.69. The van der Waals surface area contributed by atoms with Crippen molar-refractivity contribution in [3.05, 3.63) is 36.4 Å². The van der Waals surface area contributed by atoms with E-state index in [1.165, 1.54) is 0 Å². The van der Waals surface area contributed by atoms with Crippen LogP contribution in [-0.2, 0) is 9.47 Å². The standard InChI is InChI=1S/C16H16O4/c1-15(9-17-15)19-12-6-7-13-11(8-12)4-3-5-14(13)20-16(2)10-18-16/h3-8H,9-10H2,1-2H3. The van der Waals surface area contributed by atoms with Gasteiger partial charge in [-0.05, 0) is 29.7 Å². The van der Waals surface area contributed by atoms with Crippen LogP contribution >= 0.6 is 0 Å². The summed E-state index contributed by atoms with van der Waals surface area (Å²) in [5.74, 6) is 0.738. The zero-order valence-corrected chi connectivity index (χ0v) is 11.5. The molecule has 104 valence electrons. The van der Waals surface area contributed by atoms with Crippen molar-refractivity contribution in [2.24, 2.45) is 0 Å². The Morgan fingerprint density at radius 2 is 1.65 bits per heavy atom. The van der Waals surface area contributed by atoms with Crippen molar-refractivity contribution >= 4 is 10.8 Å². The largest absolute Gasteiger partial charge is 0.460 e. The van der Waals surface area contributed by atoms with Gasteiger partial charge in [-0.3, -0.25) is 0 Å². The Hall–Kier alpha value is -1.78. The van der Waals surface area contributed by atoms with Crippen molar-refractivity contribution in [3.8, 4) is 11.5 Å². The van der Waals surface area contributed by atoms with Gasteiger partial charge in [0, 0.05) is 19.2 Å². The van der Waals surface area contributed by atoms with Crippen molar-refractivity contribution in [2.45, 2.75) is 25.4 Å². The third kappa shape index (κ3) is 2.21. The molecule has 2 aromatic carbocycles. The van der Waals surface area contributed by atoms with Crippen LogP contribution in [0.1, 0.15) is 13.8 Å². The normalized spacial score (nSPS) is 31.1. The molecule has 0 saturated carbocycles. The fourth-order valence-electron chi connectivity index (χ4n) is 2.19. The third-order valence-corrected chi connectivity index (χ3v) is 3.57. The highest BCUT2D eigenvalue weighted by Gasteiger charge is 2.43. The molecule has 20 heavy (non-hydrogen) atoms. The Bertz CT molecular complexity index is 671. The molecule has 0 radical (unpaired) electrons. The molecule has 2 unspecified atom stereocenters. The Morgan fingerprint density at radius 3 is 2.35 bits per heavy atom. The molecule has 0 aliphatic carbocycles. The van der Waals surface area contributed by atoms with Crippen molar-refractivity contribution in [3.63, 3.8) is 0 Å². The highest BCUT2D eigenvalue weighted by Crippen LogP contribution is 2.37. The molecule has 2 fully saturated rings. The summed E-state index contributed by atoms with van der Waals surface area (Å²) in [4.78, 5) is 0. The predicted molar refractivity (Wildman–Crippen MR) is 73.9 cm³/mol. The summed E-state index contributed by atoms with van der Waals surface area (Å²) in [6, 6.07) is 11.9. The first-order chi connectivity index (χ1) is 9.55. The highest BCUT2D eigenvalue weighted by molar-refractivity contribution is 5.89. The number of epoxide rings is 2. The molecule has 2 heterocycles. The van der Waals surface area contributed by atoms with E-state index in [9.17, 15) is 0 Å². The zero-order chi connectivity index (χ0) is 13.8. The average molecular weight is 272 g/mol. The van der Waals surface area contributed by atoms with Crippen LogP contribution in [0.15, 0.2) is 36.4 Å². The second-order valence-electron chi connectivity index (χ2n) is 5.69. The van der Waals surface area contributed by atoms with Crippen molar-refractivity contribution in [2.75, 3.05) is 13.2 Å². The van der Waals surface area contributed by atoms with E-state index in [4.69, 9.17) is 18.9 Å². The lowest BCUT2D eigenvalue weighted by molar-refractivity contribution is 0.0804. The van der Waals surface area contributed by atoms with Crippen molar-refractivity contribution in [1.82, 2.24) is 0 Å². The summed E-state index contributed by atoms with van der Waals surface area (Å²) in [5, 5.41) is 2.13. The van der Waals surface area contributed by atoms with Crippen molar-refractivity contribution in [1.29, 1.82) is 0 Å². The third-order valence-electron chi connectivity index (χ3n) is 3.57. The summed E-state index contributed by atoms with van der Waals surface area (Å²) < 4.78 is 22.2. The molecule has 4 rings (SSSR count). The Balaban J connectivity index is 1.68. The van der Waals surface area contributed by atoms with Gasteiger partial charge in [0.2, 0.25) is 11.6 Å². The number of ether oxygens (including phenoxy) is 4. The van der Waals surface area contributed by atoms with Gasteiger partial charge >= 0.3 is 0 Å². The maximum atomic E-state index is 5.89. The molecule has 2 aliphatic heterocycles. The summed E-state index contributed by atoms with van der Waals surface area (Å²) in [6.45, 7) is 5.15. The lowest BCUT2D eigenvalue weighted by Crippen LogP contribution is -2.15. The first-order valence-corrected chi connectivity index (χ1v) is 6.74. The number of fused-ring (bicyclic) bond motifs is 1. The second kappa shape index (κ2) is 3.87. The molecular weight excluding hydrogens is 256 g/mol. The summed E-state index contributed by atoms with van der Waals surface area (Å²) in [7, 11) is 0. The number of hydrogen-bond acceptors (Lipinski definition) is 4. The Labute approximate surface area is 117 Å². The van der Waals surface area contributed by atoms with Gasteiger partial charge < -0.3 is 18.9 Å². The summed E-state index contributed by atoms with van der Waals surface area (Å²) in [5.41, 5.74) is 0. The van der Waals surface area contributed by atoms with E-state index in [0.29, 0.717) is 13.2 Å². The minimum absolute atomic E-state index is 0.447. The molecule has 0 aromatic heterocycles. The topological polar surface area (TPSA) is 43.5 Å². The predicted octanol–water partition coefficient (Wildman–Crippen LogP) is 3.09. The minimum Gasteiger partial charge on any atom is -0.460 e. The lowest BCUT2D eigenvalue weighted by atomic mass is 10.1. The minimum atomic E-state index is -0.460. The summed E-state index contributed by atoms with van der Waals surface area (Å²) >= 11 is 0. The van der Waals surface area contributed by atoms with Crippen LogP contribution in [-0.4, -0.2) is 24.8 Å². The Morgan fingerprint density at radius 1 is 0.950 bits per heavy atom. The highest BCUT2D eigenvalue weighted by atomic mass is 16.8. The van der Waals surface area contributed by atoms with Gasteiger partial charge in [0.1, 0.15) is 24.7 Å². The first-order valence-electron chi connectivity index (χ1n) is 6.74. The van der Waals surface area contributed by atoms with Gasteiger partial charge in [0.15, 0.2) is 0 Å². The van der Waals surface area contributed by atoms with Gasteiger partial charge in [-0.25, -0.2) is 0 Å². The SMILES string of the molecule is CC1(Oc2ccc3c(OC4(C)CO4)cccc3c2)CO1. The van der Waals surface area contributed by atoms with E-state index in [2.05, 4.69) is 0 Å². The van der Waals surface area contributed by atoms with Crippen LogP contribution in [0.25, 0.3) is 10.8 Å². The van der Waals surface area contributed by atoms with Crippen LogP contribution < -0.4 is 9.47 Å². The molecular formula is C16H16O4. The van der Waals surface area contributed by atoms with Gasteiger partial charge in [-0.15, -0.1) is 0 Å². The molecule has 2 aromatic rings. The Kier molecular flexibility index (Phi) is 2.32. The molecule has 0 bridgehead atoms. The maximum absolute atomic E-state index is 5.89.